The topological polar surface area (TPSA) is 67.8 Å². The van der Waals surface area contributed by atoms with Crippen LogP contribution in [0.15, 0.2) is 0 Å². The van der Waals surface area contributed by atoms with E-state index in [1.807, 2.05) is 6.92 Å². The van der Waals surface area contributed by atoms with Crippen LogP contribution in [0.2, 0.25) is 0 Å². The molecule has 0 aliphatic rings. The lowest BCUT2D eigenvalue weighted by Crippen LogP contribution is -2.43. The number of rotatable bonds is 7. The molecule has 2 atom stereocenters. The van der Waals surface area contributed by atoms with Crippen LogP contribution in [0.4, 0.5) is 0 Å². The van der Waals surface area contributed by atoms with E-state index < -0.39 is 12.0 Å². The molecule has 0 fully saturated rings. The zero-order valence-corrected chi connectivity index (χ0v) is 8.24. The summed E-state index contributed by atoms with van der Waals surface area (Å²) in [6.07, 6.45) is -0.00120. The molecule has 0 bridgehead atoms. The Hall–Kier alpha value is -0.650. The molecular weight excluding hydrogens is 174 g/mol. The fraction of sp³-hybridized carbons (Fsp3) is 0.875. The van der Waals surface area contributed by atoms with Gasteiger partial charge in [-0.15, -0.1) is 0 Å². The minimum Gasteiger partial charge on any atom is -0.480 e. The highest BCUT2D eigenvalue weighted by Gasteiger charge is 2.16. The Balaban J connectivity index is 3.75. The first kappa shape index (κ1) is 12.3. The van der Waals surface area contributed by atoms with Crippen LogP contribution < -0.4 is 5.32 Å². The van der Waals surface area contributed by atoms with Gasteiger partial charge < -0.3 is 14.6 Å². The van der Waals surface area contributed by atoms with E-state index >= 15 is 0 Å². The highest BCUT2D eigenvalue weighted by molar-refractivity contribution is 5.73. The molecule has 0 radical (unpaired) electrons. The van der Waals surface area contributed by atoms with Crippen molar-refractivity contribution in [2.45, 2.75) is 19.1 Å². The van der Waals surface area contributed by atoms with Crippen molar-refractivity contribution in [2.24, 2.45) is 0 Å². The Kier molecular flexibility index (Phi) is 6.48. The number of aliphatic carboxylic acids is 1. The molecule has 2 unspecified atom stereocenters. The zero-order valence-electron chi connectivity index (χ0n) is 8.24. The number of hydrogen-bond acceptors (Lipinski definition) is 4. The second kappa shape index (κ2) is 6.82. The molecule has 0 aromatic heterocycles. The molecule has 78 valence electrons. The highest BCUT2D eigenvalue weighted by Crippen LogP contribution is 1.89. The second-order valence-corrected chi connectivity index (χ2v) is 2.80. The molecule has 2 N–H and O–H groups in total. The first-order valence-electron chi connectivity index (χ1n) is 4.09. The van der Waals surface area contributed by atoms with Crippen LogP contribution >= 0.6 is 0 Å². The van der Waals surface area contributed by atoms with E-state index in [0.29, 0.717) is 6.54 Å². The van der Waals surface area contributed by atoms with Crippen LogP contribution in [-0.2, 0) is 14.3 Å². The number of carbonyl (C=O) groups is 1. The summed E-state index contributed by atoms with van der Waals surface area (Å²) in [5.41, 5.74) is 0. The van der Waals surface area contributed by atoms with Crippen molar-refractivity contribution in [3.63, 3.8) is 0 Å². The van der Waals surface area contributed by atoms with Crippen LogP contribution in [0.3, 0.4) is 0 Å². The molecule has 0 heterocycles. The van der Waals surface area contributed by atoms with Gasteiger partial charge >= 0.3 is 5.97 Å². The van der Waals surface area contributed by atoms with Gasteiger partial charge in [0.15, 0.2) is 0 Å². The molecule has 0 aliphatic heterocycles. The Morgan fingerprint density at radius 1 is 1.54 bits per heavy atom. The van der Waals surface area contributed by atoms with Crippen molar-refractivity contribution in [3.05, 3.63) is 0 Å². The van der Waals surface area contributed by atoms with Crippen molar-refractivity contribution in [3.8, 4) is 0 Å². The molecule has 13 heavy (non-hydrogen) atoms. The number of nitrogens with one attached hydrogen (secondary N) is 1. The molecule has 0 saturated carbocycles. The average molecular weight is 191 g/mol. The van der Waals surface area contributed by atoms with Gasteiger partial charge in [-0.25, -0.2) is 0 Å². The summed E-state index contributed by atoms with van der Waals surface area (Å²) in [7, 11) is 3.05. The fourth-order valence-corrected chi connectivity index (χ4v) is 0.776. The molecule has 0 amide bonds. The average Bonchev–Trinajstić information content (AvgIpc) is 2.11. The summed E-state index contributed by atoms with van der Waals surface area (Å²) in [6.45, 7) is 2.52. The first-order chi connectivity index (χ1) is 6.11. The van der Waals surface area contributed by atoms with Gasteiger partial charge in [0, 0.05) is 20.8 Å². The maximum Gasteiger partial charge on any atom is 0.323 e. The van der Waals surface area contributed by atoms with E-state index in [2.05, 4.69) is 5.32 Å². The van der Waals surface area contributed by atoms with E-state index in [-0.39, 0.29) is 12.7 Å². The summed E-state index contributed by atoms with van der Waals surface area (Å²) in [5.74, 6) is -0.912. The Morgan fingerprint density at radius 2 is 2.15 bits per heavy atom. The highest BCUT2D eigenvalue weighted by atomic mass is 16.5. The predicted molar refractivity (Wildman–Crippen MR) is 47.8 cm³/mol. The van der Waals surface area contributed by atoms with E-state index in [1.165, 1.54) is 7.11 Å². The van der Waals surface area contributed by atoms with Crippen molar-refractivity contribution in [2.75, 3.05) is 27.4 Å². The van der Waals surface area contributed by atoms with E-state index in [4.69, 9.17) is 14.6 Å². The smallest absolute Gasteiger partial charge is 0.323 e. The lowest BCUT2D eigenvalue weighted by Gasteiger charge is -2.16. The normalized spacial score (nSPS) is 15.3. The maximum absolute atomic E-state index is 10.6. The van der Waals surface area contributed by atoms with Crippen LogP contribution in [0.1, 0.15) is 6.92 Å². The molecule has 0 aromatic rings. The molecule has 5 nitrogen and oxygen atoms in total. The molecule has 0 aromatic carbocycles. The third kappa shape index (κ3) is 5.57. The van der Waals surface area contributed by atoms with Crippen molar-refractivity contribution < 1.29 is 19.4 Å². The predicted octanol–water partition coefficient (Wildman–Crippen LogP) is -0.289. The zero-order chi connectivity index (χ0) is 10.3. The van der Waals surface area contributed by atoms with E-state index in [1.54, 1.807) is 7.11 Å². The number of ether oxygens (including phenoxy) is 2. The lowest BCUT2D eigenvalue weighted by atomic mass is 10.3. The Labute approximate surface area is 78.0 Å². The standard InChI is InChI=1S/C8H17NO4/c1-6(13-3)4-9-7(5-12-2)8(10)11/h6-7,9H,4-5H2,1-3H3,(H,10,11). The van der Waals surface area contributed by atoms with Crippen LogP contribution in [0.25, 0.3) is 0 Å². The van der Waals surface area contributed by atoms with Gasteiger partial charge in [-0.2, -0.15) is 0 Å². The molecular formula is C8H17NO4. The first-order valence-corrected chi connectivity index (χ1v) is 4.09. The third-order valence-electron chi connectivity index (χ3n) is 1.69. The van der Waals surface area contributed by atoms with Crippen molar-refractivity contribution in [1.29, 1.82) is 0 Å². The van der Waals surface area contributed by atoms with Gasteiger partial charge in [-0.1, -0.05) is 0 Å². The molecule has 0 rings (SSSR count). The molecule has 0 saturated heterocycles. The Bertz CT molecular complexity index is 151. The summed E-state index contributed by atoms with van der Waals surface area (Å²) in [6, 6.07) is -0.664. The summed E-state index contributed by atoms with van der Waals surface area (Å²) < 4.78 is 9.71. The molecule has 5 heteroatoms. The van der Waals surface area contributed by atoms with E-state index in [9.17, 15) is 4.79 Å². The number of carboxylic acid groups (broad SMARTS) is 1. The largest absolute Gasteiger partial charge is 0.480 e. The number of methoxy groups -OCH3 is 2. The SMILES string of the molecule is COCC(NCC(C)OC)C(=O)O. The van der Waals surface area contributed by atoms with E-state index in [0.717, 1.165) is 0 Å². The summed E-state index contributed by atoms with van der Waals surface area (Å²) in [5, 5.41) is 11.5. The minimum absolute atomic E-state index is 0.00120. The quantitative estimate of drug-likeness (QED) is 0.579. The third-order valence-corrected chi connectivity index (χ3v) is 1.69. The van der Waals surface area contributed by atoms with Crippen LogP contribution in [0.5, 0.6) is 0 Å². The van der Waals surface area contributed by atoms with Crippen molar-refractivity contribution >= 4 is 5.97 Å². The number of hydrogen-bond donors (Lipinski definition) is 2. The summed E-state index contributed by atoms with van der Waals surface area (Å²) >= 11 is 0. The van der Waals surface area contributed by atoms with Crippen LogP contribution in [-0.4, -0.2) is 50.6 Å². The fourth-order valence-electron chi connectivity index (χ4n) is 0.776. The molecule has 0 aliphatic carbocycles. The summed E-state index contributed by atoms with van der Waals surface area (Å²) in [4.78, 5) is 10.6. The van der Waals surface area contributed by atoms with Gasteiger partial charge in [0.25, 0.3) is 0 Å². The minimum atomic E-state index is -0.912. The maximum atomic E-state index is 10.6. The van der Waals surface area contributed by atoms with Gasteiger partial charge in [-0.3, -0.25) is 10.1 Å². The number of carboxylic acids is 1. The van der Waals surface area contributed by atoms with Crippen LogP contribution in [0, 0.1) is 0 Å². The van der Waals surface area contributed by atoms with Gasteiger partial charge in [0.2, 0.25) is 0 Å². The monoisotopic (exact) mass is 191 g/mol. The van der Waals surface area contributed by atoms with Gasteiger partial charge in [-0.05, 0) is 6.92 Å². The van der Waals surface area contributed by atoms with Gasteiger partial charge in [0.05, 0.1) is 12.7 Å². The lowest BCUT2D eigenvalue weighted by molar-refractivity contribution is -0.141. The van der Waals surface area contributed by atoms with Gasteiger partial charge in [0.1, 0.15) is 6.04 Å². The van der Waals surface area contributed by atoms with Crippen molar-refractivity contribution in [1.82, 2.24) is 5.32 Å². The second-order valence-electron chi connectivity index (χ2n) is 2.80. The molecule has 0 spiro atoms. The Morgan fingerprint density at radius 3 is 2.54 bits per heavy atom.